The highest BCUT2D eigenvalue weighted by atomic mass is 19.1. The number of benzene rings is 1. The summed E-state index contributed by atoms with van der Waals surface area (Å²) in [4.78, 5) is 4.16. The lowest BCUT2D eigenvalue weighted by molar-refractivity contribution is -0.0570. The van der Waals surface area contributed by atoms with Gasteiger partial charge in [-0.3, -0.25) is 4.98 Å². The molecule has 5 rings (SSSR count). The monoisotopic (exact) mass is 421 g/mol. The Balaban J connectivity index is 1.46. The van der Waals surface area contributed by atoms with Gasteiger partial charge >= 0.3 is 0 Å². The van der Waals surface area contributed by atoms with Crippen molar-refractivity contribution in [2.24, 2.45) is 5.41 Å². The predicted octanol–water partition coefficient (Wildman–Crippen LogP) is 5.04. The second kappa shape index (κ2) is 7.38. The van der Waals surface area contributed by atoms with E-state index in [-0.39, 0.29) is 17.0 Å². The van der Waals surface area contributed by atoms with Crippen LogP contribution in [0.15, 0.2) is 54.4 Å². The van der Waals surface area contributed by atoms with Gasteiger partial charge in [-0.05, 0) is 86.6 Å². The van der Waals surface area contributed by atoms with Crippen molar-refractivity contribution in [2.45, 2.75) is 51.0 Å². The van der Waals surface area contributed by atoms with E-state index in [9.17, 15) is 13.9 Å². The van der Waals surface area contributed by atoms with E-state index in [4.69, 9.17) is 0 Å². The van der Waals surface area contributed by atoms with Gasteiger partial charge in [0.2, 0.25) is 0 Å². The van der Waals surface area contributed by atoms with Crippen molar-refractivity contribution in [3.05, 3.63) is 83.0 Å². The van der Waals surface area contributed by atoms with Crippen LogP contribution in [0.5, 0.6) is 0 Å². The Morgan fingerprint density at radius 2 is 1.84 bits per heavy atom. The zero-order valence-electron chi connectivity index (χ0n) is 17.5. The van der Waals surface area contributed by atoms with Crippen LogP contribution in [0, 0.1) is 17.0 Å². The molecular formula is C25H25F2N3O. The lowest BCUT2D eigenvalue weighted by Crippen LogP contribution is -2.47. The predicted molar refractivity (Wildman–Crippen MR) is 115 cm³/mol. The largest absolute Gasteiger partial charge is 0.389 e. The smallest absolute Gasteiger partial charge is 0.141 e. The SMILES string of the molecule is CCC12Cc3cnn(-c4ccc(F)cc4)c3C=C1CCC2(O)CCc1ccc(F)cn1. The number of fused-ring (bicyclic) bond motifs is 2. The van der Waals surface area contributed by atoms with Gasteiger partial charge in [-0.25, -0.2) is 13.5 Å². The molecule has 0 radical (unpaired) electrons. The van der Waals surface area contributed by atoms with Crippen molar-refractivity contribution in [1.82, 2.24) is 14.8 Å². The van der Waals surface area contributed by atoms with Crippen LogP contribution in [0.4, 0.5) is 8.78 Å². The molecule has 0 saturated heterocycles. The van der Waals surface area contributed by atoms with Crippen LogP contribution in [0.3, 0.4) is 0 Å². The molecule has 2 atom stereocenters. The van der Waals surface area contributed by atoms with Crippen LogP contribution in [0.25, 0.3) is 11.8 Å². The molecule has 0 bridgehead atoms. The van der Waals surface area contributed by atoms with E-state index in [0.717, 1.165) is 41.9 Å². The van der Waals surface area contributed by atoms with Gasteiger partial charge in [-0.1, -0.05) is 12.5 Å². The quantitative estimate of drug-likeness (QED) is 0.628. The Bertz CT molecular complexity index is 1140. The highest BCUT2D eigenvalue weighted by Crippen LogP contribution is 2.58. The molecular weight excluding hydrogens is 396 g/mol. The zero-order chi connectivity index (χ0) is 21.6. The first-order chi connectivity index (χ1) is 14.9. The van der Waals surface area contributed by atoms with E-state index in [1.54, 1.807) is 18.2 Å². The molecule has 2 aliphatic carbocycles. The van der Waals surface area contributed by atoms with Crippen LogP contribution < -0.4 is 0 Å². The third kappa shape index (κ3) is 3.21. The van der Waals surface area contributed by atoms with Gasteiger partial charge in [0.25, 0.3) is 0 Å². The van der Waals surface area contributed by atoms with Gasteiger partial charge in [-0.15, -0.1) is 0 Å². The molecule has 1 aromatic carbocycles. The van der Waals surface area contributed by atoms with Gasteiger partial charge in [0, 0.05) is 11.1 Å². The minimum Gasteiger partial charge on any atom is -0.389 e. The molecule has 1 fully saturated rings. The van der Waals surface area contributed by atoms with Crippen LogP contribution in [-0.4, -0.2) is 25.5 Å². The average molecular weight is 421 g/mol. The van der Waals surface area contributed by atoms with Crippen molar-refractivity contribution in [3.63, 3.8) is 0 Å². The van der Waals surface area contributed by atoms with Crippen LogP contribution in [0.2, 0.25) is 0 Å². The Hall–Kier alpha value is -2.86. The summed E-state index contributed by atoms with van der Waals surface area (Å²) in [5, 5.41) is 16.4. The number of hydrogen-bond acceptors (Lipinski definition) is 3. The summed E-state index contributed by atoms with van der Waals surface area (Å²) in [5.41, 5.74) is 3.78. The summed E-state index contributed by atoms with van der Waals surface area (Å²) in [6.07, 6.45) is 9.53. The van der Waals surface area contributed by atoms with E-state index in [1.165, 1.54) is 30.0 Å². The van der Waals surface area contributed by atoms with E-state index >= 15 is 0 Å². The van der Waals surface area contributed by atoms with Crippen LogP contribution in [0.1, 0.15) is 49.6 Å². The Kier molecular flexibility index (Phi) is 4.77. The summed E-state index contributed by atoms with van der Waals surface area (Å²) < 4.78 is 28.4. The molecule has 3 aromatic rings. The fourth-order valence-electron chi connectivity index (χ4n) is 5.50. The molecule has 1 saturated carbocycles. The maximum Gasteiger partial charge on any atom is 0.141 e. The minimum atomic E-state index is -0.848. The van der Waals surface area contributed by atoms with Gasteiger partial charge in [0.05, 0.1) is 29.4 Å². The van der Waals surface area contributed by atoms with Crippen molar-refractivity contribution in [1.29, 1.82) is 0 Å². The molecule has 2 unspecified atom stereocenters. The Morgan fingerprint density at radius 3 is 2.55 bits per heavy atom. The van der Waals surface area contributed by atoms with Crippen LogP contribution >= 0.6 is 0 Å². The summed E-state index contributed by atoms with van der Waals surface area (Å²) in [5.74, 6) is -0.624. The number of nitrogens with zero attached hydrogens (tertiary/aromatic N) is 3. The lowest BCUT2D eigenvalue weighted by atomic mass is 9.63. The molecule has 31 heavy (non-hydrogen) atoms. The number of aromatic nitrogens is 3. The highest BCUT2D eigenvalue weighted by Gasteiger charge is 2.56. The van der Waals surface area contributed by atoms with Crippen molar-refractivity contribution in [2.75, 3.05) is 0 Å². The topological polar surface area (TPSA) is 50.9 Å². The maximum atomic E-state index is 13.3. The number of pyridine rings is 1. The van der Waals surface area contributed by atoms with Crippen LogP contribution in [-0.2, 0) is 12.8 Å². The number of halogens is 2. The van der Waals surface area contributed by atoms with Crippen molar-refractivity contribution in [3.8, 4) is 5.69 Å². The third-order valence-electron chi connectivity index (χ3n) is 7.26. The normalized spacial score (nSPS) is 24.6. The van der Waals surface area contributed by atoms with E-state index in [1.807, 2.05) is 10.9 Å². The number of hydrogen-bond donors (Lipinski definition) is 1. The summed E-state index contributed by atoms with van der Waals surface area (Å²) in [6, 6.07) is 9.43. The molecule has 0 aliphatic heterocycles. The second-order valence-corrected chi connectivity index (χ2v) is 8.72. The van der Waals surface area contributed by atoms with Gasteiger partial charge < -0.3 is 5.11 Å². The summed E-state index contributed by atoms with van der Waals surface area (Å²) in [6.45, 7) is 2.13. The van der Waals surface area contributed by atoms with E-state index < -0.39 is 5.60 Å². The molecule has 0 spiro atoms. The zero-order valence-corrected chi connectivity index (χ0v) is 17.5. The van der Waals surface area contributed by atoms with Gasteiger partial charge in [0.15, 0.2) is 0 Å². The first-order valence-electron chi connectivity index (χ1n) is 10.8. The average Bonchev–Trinajstić information content (AvgIpc) is 3.31. The molecule has 2 aromatic heterocycles. The van der Waals surface area contributed by atoms with E-state index in [0.29, 0.717) is 19.3 Å². The molecule has 4 nitrogen and oxygen atoms in total. The molecule has 6 heteroatoms. The van der Waals surface area contributed by atoms with Crippen molar-refractivity contribution < 1.29 is 13.9 Å². The van der Waals surface area contributed by atoms with E-state index in [2.05, 4.69) is 23.1 Å². The second-order valence-electron chi connectivity index (χ2n) is 8.72. The number of rotatable bonds is 5. The van der Waals surface area contributed by atoms with Crippen molar-refractivity contribution >= 4 is 6.08 Å². The summed E-state index contributed by atoms with van der Waals surface area (Å²) >= 11 is 0. The standard InChI is InChI=1S/C25H25F2N3O/c1-2-24-14-17-15-29-30(22-7-4-19(26)5-8-22)23(17)13-18(24)9-11-25(24,31)12-10-21-6-3-20(27)16-28-21/h3-8,13,15-16,31H,2,9-12,14H2,1H3. The van der Waals surface area contributed by atoms with Gasteiger partial charge in [0.1, 0.15) is 11.6 Å². The highest BCUT2D eigenvalue weighted by molar-refractivity contribution is 5.63. The molecule has 2 heterocycles. The first-order valence-corrected chi connectivity index (χ1v) is 10.8. The maximum absolute atomic E-state index is 13.3. The third-order valence-corrected chi connectivity index (χ3v) is 7.26. The lowest BCUT2D eigenvalue weighted by Gasteiger charge is -2.45. The molecule has 160 valence electrons. The minimum absolute atomic E-state index is 0.273. The number of aliphatic hydroxyl groups is 1. The molecule has 0 amide bonds. The fraction of sp³-hybridized carbons (Fsp3) is 0.360. The first kappa shape index (κ1) is 20.1. The molecule has 1 N–H and O–H groups in total. The molecule has 2 aliphatic rings. The summed E-state index contributed by atoms with van der Waals surface area (Å²) in [7, 11) is 0. The Morgan fingerprint density at radius 1 is 1.06 bits per heavy atom. The number of aryl methyl sites for hydroxylation is 1. The Labute approximate surface area is 180 Å². The van der Waals surface area contributed by atoms with Gasteiger partial charge in [-0.2, -0.15) is 5.10 Å². The fourth-order valence-corrected chi connectivity index (χ4v) is 5.50.